The van der Waals surface area contributed by atoms with Crippen LogP contribution in [0.3, 0.4) is 0 Å². The number of ether oxygens (including phenoxy) is 5. The first-order valence-electron chi connectivity index (χ1n) is 22.1. The molecule has 14 heteroatoms. The van der Waals surface area contributed by atoms with Crippen LogP contribution in [0.5, 0.6) is 0 Å². The molecule has 2 heterocycles. The third kappa shape index (κ3) is 41.3. The largest absolute Gasteiger partial charge is 0.471 e. The lowest BCUT2D eigenvalue weighted by molar-refractivity contribution is -0.130. The Morgan fingerprint density at radius 1 is 0.952 bits per heavy atom. The highest BCUT2D eigenvalue weighted by Crippen LogP contribution is 2.26. The minimum atomic E-state index is -0.373. The van der Waals surface area contributed by atoms with Crippen molar-refractivity contribution < 1.29 is 38.1 Å². The number of hydrogen-bond acceptors (Lipinski definition) is 12. The second-order valence-electron chi connectivity index (χ2n) is 13.6. The summed E-state index contributed by atoms with van der Waals surface area (Å²) in [5.74, 6) is -0.124. The molecule has 0 aromatic heterocycles. The molecular formula is C49H88N6O8. The minimum absolute atomic E-state index is 0.0791. The molecule has 0 aliphatic carbocycles. The number of fused-ring (bicyclic) bond motifs is 1. The lowest BCUT2D eigenvalue weighted by Gasteiger charge is -2.26. The molecule has 362 valence electrons. The summed E-state index contributed by atoms with van der Waals surface area (Å²) >= 11 is 0. The molecule has 2 aliphatic heterocycles. The smallest absolute Gasteiger partial charge is 0.292 e. The third-order valence-electron chi connectivity index (χ3n) is 7.63. The molecule has 3 rings (SSSR count). The molecule has 0 bridgehead atoms. The number of hydrogen-bond donors (Lipinski definition) is 3. The molecule has 2 amide bonds. The number of rotatable bonds is 20. The fourth-order valence-corrected chi connectivity index (χ4v) is 4.54. The quantitative estimate of drug-likeness (QED) is 0.0388. The van der Waals surface area contributed by atoms with Gasteiger partial charge in [0.1, 0.15) is 6.04 Å². The number of methoxy groups -OCH3 is 2. The van der Waals surface area contributed by atoms with Gasteiger partial charge in [0, 0.05) is 38.0 Å². The molecule has 1 aromatic carbocycles. The number of hydrazone groups is 1. The van der Waals surface area contributed by atoms with Crippen LogP contribution in [0, 0.1) is 0 Å². The highest BCUT2D eigenvalue weighted by Gasteiger charge is 2.28. The predicted molar refractivity (Wildman–Crippen MR) is 265 cm³/mol. The summed E-state index contributed by atoms with van der Waals surface area (Å²) < 4.78 is 24.9. The number of carbonyl (C=O) groups excluding carboxylic acids is 3. The van der Waals surface area contributed by atoms with E-state index in [9.17, 15) is 9.59 Å². The van der Waals surface area contributed by atoms with Crippen molar-refractivity contribution in [3.63, 3.8) is 0 Å². The molecule has 14 nitrogen and oxygen atoms in total. The number of anilines is 1. The highest BCUT2D eigenvalue weighted by atomic mass is 16.6. The zero-order valence-electron chi connectivity index (χ0n) is 41.7. The molecule has 1 unspecified atom stereocenters. The van der Waals surface area contributed by atoms with Gasteiger partial charge in [0.05, 0.1) is 59.8 Å². The van der Waals surface area contributed by atoms with Gasteiger partial charge in [0.15, 0.2) is 0 Å². The average molecular weight is 889 g/mol. The number of amides is 2. The number of likely N-dealkylation sites (tertiary alicyclic amines) is 1. The van der Waals surface area contributed by atoms with Gasteiger partial charge in [0.2, 0.25) is 11.8 Å². The number of carbonyl (C=O) groups is 3. The van der Waals surface area contributed by atoms with E-state index >= 15 is 0 Å². The molecule has 1 saturated heterocycles. The van der Waals surface area contributed by atoms with Crippen molar-refractivity contribution in [1.82, 2.24) is 20.5 Å². The molecule has 3 N–H and O–H groups in total. The van der Waals surface area contributed by atoms with Crippen molar-refractivity contribution >= 4 is 35.8 Å². The summed E-state index contributed by atoms with van der Waals surface area (Å²) in [5, 5.41) is 10.3. The van der Waals surface area contributed by atoms with Gasteiger partial charge in [0.25, 0.3) is 6.47 Å². The van der Waals surface area contributed by atoms with Crippen LogP contribution in [0.25, 0.3) is 6.08 Å². The van der Waals surface area contributed by atoms with Crippen LogP contribution in [0.1, 0.15) is 85.8 Å². The van der Waals surface area contributed by atoms with E-state index in [1.54, 1.807) is 13.2 Å². The lowest BCUT2D eigenvalue weighted by atomic mass is 10.00. The van der Waals surface area contributed by atoms with Crippen molar-refractivity contribution in [2.75, 3.05) is 114 Å². The summed E-state index contributed by atoms with van der Waals surface area (Å²) in [4.78, 5) is 38.0. The first-order valence-corrected chi connectivity index (χ1v) is 22.1. The Balaban J connectivity index is -0.000000624. The monoisotopic (exact) mass is 889 g/mol. The van der Waals surface area contributed by atoms with E-state index in [0.29, 0.717) is 65.7 Å². The van der Waals surface area contributed by atoms with Crippen LogP contribution in [-0.4, -0.2) is 148 Å². The first-order chi connectivity index (χ1) is 30.4. The van der Waals surface area contributed by atoms with Gasteiger partial charge in [-0.2, -0.15) is 5.10 Å². The van der Waals surface area contributed by atoms with E-state index in [0.717, 1.165) is 42.0 Å². The van der Waals surface area contributed by atoms with Gasteiger partial charge in [-0.25, -0.2) is 5.43 Å². The number of nitrogens with zero attached hydrogens (tertiary/aromatic N) is 3. The predicted octanol–water partition coefficient (Wildman–Crippen LogP) is 7.73. The van der Waals surface area contributed by atoms with Crippen molar-refractivity contribution in [3.05, 3.63) is 84.0 Å². The fraction of sp³-hybridized carbons (Fsp3) is 0.592. The Kier molecular flexibility index (Phi) is 51.9. The first kappa shape index (κ1) is 65.2. The Morgan fingerprint density at radius 3 is 1.95 bits per heavy atom. The zero-order valence-corrected chi connectivity index (χ0v) is 41.7. The second-order valence-corrected chi connectivity index (χ2v) is 13.6. The van der Waals surface area contributed by atoms with Crippen molar-refractivity contribution in [1.29, 1.82) is 0 Å². The van der Waals surface area contributed by atoms with E-state index < -0.39 is 0 Å². The SMILES string of the molecule is C/C=C\C=C\C.C=C/C=C1\CCN(C(=O)C2C=Cc3cc(C/C(C)=N/NC(=O)CCOCCOCCOCCOC)ccc3N2)C1.CC.CCC.CCN(C)C.CNC.COC=O. The fourth-order valence-electron chi connectivity index (χ4n) is 4.54. The third-order valence-corrected chi connectivity index (χ3v) is 7.63. The van der Waals surface area contributed by atoms with Crippen LogP contribution >= 0.6 is 0 Å². The summed E-state index contributed by atoms with van der Waals surface area (Å²) in [6, 6.07) is 5.70. The Labute approximate surface area is 383 Å². The van der Waals surface area contributed by atoms with Gasteiger partial charge >= 0.3 is 0 Å². The van der Waals surface area contributed by atoms with E-state index in [2.05, 4.69) is 78.3 Å². The van der Waals surface area contributed by atoms with Gasteiger partial charge < -0.3 is 44.1 Å². The zero-order chi connectivity index (χ0) is 48.5. The topological polar surface area (TPSA) is 152 Å². The maximum Gasteiger partial charge on any atom is 0.292 e. The van der Waals surface area contributed by atoms with Crippen LogP contribution in [0.15, 0.2) is 78.0 Å². The van der Waals surface area contributed by atoms with Crippen LogP contribution in [0.2, 0.25) is 0 Å². The molecule has 0 saturated carbocycles. The van der Waals surface area contributed by atoms with Gasteiger partial charge in [-0.15, -0.1) is 0 Å². The van der Waals surface area contributed by atoms with Crippen LogP contribution in [-0.2, 0) is 44.5 Å². The average Bonchev–Trinajstić information content (AvgIpc) is 3.76. The van der Waals surface area contributed by atoms with Gasteiger partial charge in [-0.1, -0.05) is 102 Å². The normalized spacial score (nSPS) is 14.0. The Bertz CT molecular complexity index is 1400. The van der Waals surface area contributed by atoms with Gasteiger partial charge in [-0.05, 0) is 90.8 Å². The van der Waals surface area contributed by atoms with Crippen molar-refractivity contribution in [2.24, 2.45) is 5.10 Å². The molecule has 0 spiro atoms. The molecule has 2 aliphatic rings. The minimum Gasteiger partial charge on any atom is -0.471 e. The van der Waals surface area contributed by atoms with E-state index in [4.69, 9.17) is 23.7 Å². The summed E-state index contributed by atoms with van der Waals surface area (Å²) in [6.07, 6.45) is 18.6. The molecule has 63 heavy (non-hydrogen) atoms. The van der Waals surface area contributed by atoms with Crippen LogP contribution < -0.4 is 16.1 Å². The molecular weight excluding hydrogens is 801 g/mol. The summed E-state index contributed by atoms with van der Waals surface area (Å²) in [7, 11) is 10.8. The Morgan fingerprint density at radius 2 is 1.48 bits per heavy atom. The van der Waals surface area contributed by atoms with E-state index in [1.165, 1.54) is 19.1 Å². The van der Waals surface area contributed by atoms with Gasteiger partial charge in [-0.3, -0.25) is 14.4 Å². The number of benzene rings is 1. The van der Waals surface area contributed by atoms with Crippen LogP contribution in [0.4, 0.5) is 5.69 Å². The summed E-state index contributed by atoms with van der Waals surface area (Å²) in [6.45, 7) is 26.2. The maximum atomic E-state index is 13.0. The molecule has 1 fully saturated rings. The molecule has 1 aromatic rings. The maximum absolute atomic E-state index is 13.0. The van der Waals surface area contributed by atoms with E-state index in [-0.39, 0.29) is 24.3 Å². The number of allylic oxidation sites excluding steroid dienone is 6. The highest BCUT2D eigenvalue weighted by molar-refractivity contribution is 5.92. The summed E-state index contributed by atoms with van der Waals surface area (Å²) in [5.41, 5.74) is 7.62. The molecule has 0 radical (unpaired) electrons. The van der Waals surface area contributed by atoms with Crippen molar-refractivity contribution in [2.45, 2.75) is 87.1 Å². The second kappa shape index (κ2) is 50.2. The number of nitrogens with one attached hydrogen (secondary N) is 3. The van der Waals surface area contributed by atoms with E-state index in [1.807, 2.05) is 108 Å². The lowest BCUT2D eigenvalue weighted by Crippen LogP contribution is -2.41. The Hall–Kier alpha value is -4.44. The standard InChI is InChI=1S/C30H42N4O6.C6H10.C4H11N.C3H8.C2H7N.C2H4O2.C2H6/c1-4-5-24-10-12-34(22-24)30(36)28-9-7-26-21-25(6-8-27(26)31-28)20-23(2)32-33-29(35)11-13-38-16-17-40-19-18-39-15-14-37-3;1-3-5-6-4-2;1-4-5(2)3;2*1-3-2;1-4-2-3;1-2/h4-9,21,28,31H,1,10-20,22H2,2-3H3,(H,33,35);3-6H,1-2H3;4H2,1-3H3;3H2,1-2H3;3H,1-2H3;2H,1H3;1-2H3/b24-5+,32-23+;5-3-,6-4+;;;;;. The van der Waals surface area contributed by atoms with Crippen molar-refractivity contribution in [3.8, 4) is 0 Å². The molecule has 1 atom stereocenters.